The Morgan fingerprint density at radius 3 is 2.60 bits per heavy atom. The van der Waals surface area contributed by atoms with Crippen LogP contribution in [-0.4, -0.2) is 17.9 Å². The van der Waals surface area contributed by atoms with Gasteiger partial charge in [0.15, 0.2) is 5.58 Å². The molecule has 2 aromatic carbocycles. The molecule has 4 heteroatoms. The number of rotatable bonds is 3. The minimum atomic E-state index is -0.235. The van der Waals surface area contributed by atoms with Crippen molar-refractivity contribution in [3.05, 3.63) is 59.5 Å². The Labute approximate surface area is 116 Å². The number of oxazole rings is 1. The van der Waals surface area contributed by atoms with E-state index >= 15 is 0 Å². The number of hydrogen-bond donors (Lipinski definition) is 0. The first-order valence-corrected chi connectivity index (χ1v) is 6.23. The minimum absolute atomic E-state index is 0.107. The predicted molar refractivity (Wildman–Crippen MR) is 75.2 cm³/mol. The van der Waals surface area contributed by atoms with Crippen molar-refractivity contribution in [2.45, 2.75) is 6.92 Å². The fourth-order valence-corrected chi connectivity index (χ4v) is 2.00. The molecule has 4 nitrogen and oxygen atoms in total. The molecule has 3 rings (SSSR count). The molecule has 0 fully saturated rings. The second-order valence-corrected chi connectivity index (χ2v) is 4.55. The number of hydrogen-bond acceptors (Lipinski definition) is 4. The largest absolute Gasteiger partial charge is 0.497 e. The van der Waals surface area contributed by atoms with E-state index < -0.39 is 0 Å². The SMILES string of the molecule is COc1ccc(C(=O)c2nc3cc(C)ccc3o2)cc1. The molecular formula is C16H13NO3. The zero-order valence-electron chi connectivity index (χ0n) is 11.2. The highest BCUT2D eigenvalue weighted by Crippen LogP contribution is 2.20. The third-order valence-electron chi connectivity index (χ3n) is 3.09. The Morgan fingerprint density at radius 1 is 1.15 bits per heavy atom. The molecule has 0 aliphatic rings. The van der Waals surface area contributed by atoms with Crippen LogP contribution in [0, 0.1) is 6.92 Å². The maximum atomic E-state index is 12.3. The number of carbonyl (C=O) groups is 1. The number of aryl methyl sites for hydroxylation is 1. The van der Waals surface area contributed by atoms with Gasteiger partial charge in [0.25, 0.3) is 5.89 Å². The fourth-order valence-electron chi connectivity index (χ4n) is 2.00. The summed E-state index contributed by atoms with van der Waals surface area (Å²) >= 11 is 0. The quantitative estimate of drug-likeness (QED) is 0.683. The summed E-state index contributed by atoms with van der Waals surface area (Å²) in [6.07, 6.45) is 0. The van der Waals surface area contributed by atoms with Crippen LogP contribution in [0.15, 0.2) is 46.9 Å². The lowest BCUT2D eigenvalue weighted by molar-refractivity contribution is 0.100. The van der Waals surface area contributed by atoms with E-state index in [0.717, 1.165) is 5.56 Å². The molecule has 3 aromatic rings. The first-order valence-electron chi connectivity index (χ1n) is 6.23. The van der Waals surface area contributed by atoms with Crippen LogP contribution < -0.4 is 4.74 Å². The lowest BCUT2D eigenvalue weighted by Gasteiger charge is -2.00. The second-order valence-electron chi connectivity index (χ2n) is 4.55. The van der Waals surface area contributed by atoms with Crippen molar-refractivity contribution < 1.29 is 13.9 Å². The summed E-state index contributed by atoms with van der Waals surface area (Å²) in [5.74, 6) is 0.576. The molecule has 0 saturated heterocycles. The van der Waals surface area contributed by atoms with Crippen LogP contribution in [0.2, 0.25) is 0 Å². The number of ether oxygens (including phenoxy) is 1. The van der Waals surface area contributed by atoms with E-state index in [-0.39, 0.29) is 11.7 Å². The van der Waals surface area contributed by atoms with Gasteiger partial charge in [0.2, 0.25) is 5.78 Å². The van der Waals surface area contributed by atoms with E-state index in [4.69, 9.17) is 9.15 Å². The lowest BCUT2D eigenvalue weighted by Crippen LogP contribution is -2.01. The highest BCUT2D eigenvalue weighted by atomic mass is 16.5. The van der Waals surface area contributed by atoms with Gasteiger partial charge in [0.05, 0.1) is 7.11 Å². The van der Waals surface area contributed by atoms with Gasteiger partial charge >= 0.3 is 0 Å². The summed E-state index contributed by atoms with van der Waals surface area (Å²) < 4.78 is 10.6. The summed E-state index contributed by atoms with van der Waals surface area (Å²) in [6.45, 7) is 1.97. The van der Waals surface area contributed by atoms with Gasteiger partial charge < -0.3 is 9.15 Å². The monoisotopic (exact) mass is 267 g/mol. The van der Waals surface area contributed by atoms with E-state index in [1.54, 1.807) is 31.4 Å². The Balaban J connectivity index is 1.98. The number of methoxy groups -OCH3 is 1. The Kier molecular flexibility index (Phi) is 2.99. The van der Waals surface area contributed by atoms with Crippen LogP contribution in [0.4, 0.5) is 0 Å². The third kappa shape index (κ3) is 2.16. The number of carbonyl (C=O) groups excluding carboxylic acids is 1. The van der Waals surface area contributed by atoms with Crippen LogP contribution in [0.25, 0.3) is 11.1 Å². The van der Waals surface area contributed by atoms with Crippen LogP contribution >= 0.6 is 0 Å². The summed E-state index contributed by atoms with van der Waals surface area (Å²) in [6, 6.07) is 12.5. The van der Waals surface area contributed by atoms with Crippen molar-refractivity contribution in [3.63, 3.8) is 0 Å². The molecule has 1 heterocycles. The van der Waals surface area contributed by atoms with E-state index in [0.29, 0.717) is 22.4 Å². The smallest absolute Gasteiger partial charge is 0.269 e. The van der Waals surface area contributed by atoms with Crippen molar-refractivity contribution in [1.82, 2.24) is 4.98 Å². The van der Waals surface area contributed by atoms with Gasteiger partial charge in [-0.25, -0.2) is 4.98 Å². The summed E-state index contributed by atoms with van der Waals surface area (Å²) in [7, 11) is 1.58. The molecule has 0 spiro atoms. The van der Waals surface area contributed by atoms with Gasteiger partial charge in [-0.3, -0.25) is 4.79 Å². The average molecular weight is 267 g/mol. The number of fused-ring (bicyclic) bond motifs is 1. The Bertz CT molecular complexity index is 772. The summed E-state index contributed by atoms with van der Waals surface area (Å²) in [4.78, 5) is 16.5. The van der Waals surface area contributed by atoms with Crippen LogP contribution in [0.3, 0.4) is 0 Å². The van der Waals surface area contributed by atoms with Crippen molar-refractivity contribution in [3.8, 4) is 5.75 Å². The molecule has 0 amide bonds. The van der Waals surface area contributed by atoms with Gasteiger partial charge in [-0.1, -0.05) is 6.07 Å². The van der Waals surface area contributed by atoms with Crippen molar-refractivity contribution >= 4 is 16.9 Å². The number of aromatic nitrogens is 1. The second kappa shape index (κ2) is 4.81. The van der Waals surface area contributed by atoms with Gasteiger partial charge in [0, 0.05) is 5.56 Å². The first-order chi connectivity index (χ1) is 9.67. The molecule has 0 aliphatic carbocycles. The molecule has 20 heavy (non-hydrogen) atoms. The number of nitrogens with zero attached hydrogens (tertiary/aromatic N) is 1. The molecular weight excluding hydrogens is 254 g/mol. The highest BCUT2D eigenvalue weighted by Gasteiger charge is 2.16. The molecule has 0 atom stereocenters. The van der Waals surface area contributed by atoms with E-state index in [9.17, 15) is 4.79 Å². The number of benzene rings is 2. The Hall–Kier alpha value is -2.62. The fraction of sp³-hybridized carbons (Fsp3) is 0.125. The average Bonchev–Trinajstić information content (AvgIpc) is 2.89. The van der Waals surface area contributed by atoms with Gasteiger partial charge in [0.1, 0.15) is 11.3 Å². The highest BCUT2D eigenvalue weighted by molar-refractivity contribution is 6.07. The maximum absolute atomic E-state index is 12.3. The normalized spacial score (nSPS) is 10.7. The van der Waals surface area contributed by atoms with Gasteiger partial charge in [-0.05, 0) is 48.9 Å². The summed E-state index contributed by atoms with van der Waals surface area (Å²) in [5, 5.41) is 0. The molecule has 0 bridgehead atoms. The van der Waals surface area contributed by atoms with Crippen molar-refractivity contribution in [2.24, 2.45) is 0 Å². The molecule has 0 saturated carbocycles. The topological polar surface area (TPSA) is 52.3 Å². The molecule has 100 valence electrons. The van der Waals surface area contributed by atoms with E-state index in [1.165, 1.54) is 0 Å². The Morgan fingerprint density at radius 2 is 1.90 bits per heavy atom. The van der Waals surface area contributed by atoms with Gasteiger partial charge in [-0.2, -0.15) is 0 Å². The first kappa shape index (κ1) is 12.4. The number of ketones is 1. The lowest BCUT2D eigenvalue weighted by atomic mass is 10.1. The minimum Gasteiger partial charge on any atom is -0.497 e. The zero-order valence-corrected chi connectivity index (χ0v) is 11.2. The molecule has 0 N–H and O–H groups in total. The van der Waals surface area contributed by atoms with Crippen molar-refractivity contribution in [1.29, 1.82) is 0 Å². The van der Waals surface area contributed by atoms with Crippen LogP contribution in [0.5, 0.6) is 5.75 Å². The van der Waals surface area contributed by atoms with Crippen LogP contribution in [-0.2, 0) is 0 Å². The molecule has 0 unspecified atom stereocenters. The van der Waals surface area contributed by atoms with E-state index in [2.05, 4.69) is 4.98 Å². The maximum Gasteiger partial charge on any atom is 0.269 e. The standard InChI is InChI=1S/C16H13NO3/c1-10-3-8-14-13(9-10)17-16(20-14)15(18)11-4-6-12(19-2)7-5-11/h3-9H,1-2H3. The van der Waals surface area contributed by atoms with E-state index in [1.807, 2.05) is 25.1 Å². The molecule has 0 aliphatic heterocycles. The third-order valence-corrected chi connectivity index (χ3v) is 3.09. The molecule has 0 radical (unpaired) electrons. The summed E-state index contributed by atoms with van der Waals surface area (Å²) in [5.41, 5.74) is 2.91. The molecule has 1 aromatic heterocycles. The van der Waals surface area contributed by atoms with Gasteiger partial charge in [-0.15, -0.1) is 0 Å². The van der Waals surface area contributed by atoms with Crippen LogP contribution in [0.1, 0.15) is 21.8 Å². The zero-order chi connectivity index (χ0) is 14.1. The predicted octanol–water partition coefficient (Wildman–Crippen LogP) is 3.38. The van der Waals surface area contributed by atoms with Crippen molar-refractivity contribution in [2.75, 3.05) is 7.11 Å².